The first-order valence-corrected chi connectivity index (χ1v) is 6.58. The summed E-state index contributed by atoms with van der Waals surface area (Å²) in [5, 5.41) is 3.13. The summed E-state index contributed by atoms with van der Waals surface area (Å²) in [6, 6.07) is 1.66. The van der Waals surface area contributed by atoms with Crippen LogP contribution in [0.2, 0.25) is 5.15 Å². The first-order valence-electron chi connectivity index (χ1n) is 6.20. The third-order valence-corrected chi connectivity index (χ3v) is 3.83. The van der Waals surface area contributed by atoms with Crippen LogP contribution in [0.4, 0.5) is 5.95 Å². The van der Waals surface area contributed by atoms with Gasteiger partial charge in [0.1, 0.15) is 5.15 Å². The number of halogens is 1. The fourth-order valence-electron chi connectivity index (χ4n) is 2.60. The van der Waals surface area contributed by atoms with Gasteiger partial charge in [-0.2, -0.15) is 0 Å². The van der Waals surface area contributed by atoms with Crippen molar-refractivity contribution >= 4 is 23.5 Å². The van der Waals surface area contributed by atoms with Crippen LogP contribution in [0.1, 0.15) is 38.8 Å². The van der Waals surface area contributed by atoms with Crippen LogP contribution >= 0.6 is 11.6 Å². The van der Waals surface area contributed by atoms with Crippen molar-refractivity contribution in [2.75, 3.05) is 5.32 Å². The molecule has 0 bridgehead atoms. The van der Waals surface area contributed by atoms with Gasteiger partial charge >= 0.3 is 0 Å². The van der Waals surface area contributed by atoms with Gasteiger partial charge in [0.2, 0.25) is 11.9 Å². The average Bonchev–Trinajstić information content (AvgIpc) is 2.56. The van der Waals surface area contributed by atoms with Crippen molar-refractivity contribution in [3.63, 3.8) is 0 Å². The van der Waals surface area contributed by atoms with E-state index in [0.717, 1.165) is 25.0 Å². The lowest BCUT2D eigenvalue weighted by atomic mass is 9.81. The molecule has 1 heterocycles. The second kappa shape index (κ2) is 4.84. The maximum Gasteiger partial charge on any atom is 0.231 e. The molecule has 1 aliphatic rings. The molecule has 1 fully saturated rings. The fourth-order valence-corrected chi connectivity index (χ4v) is 2.83. The lowest BCUT2D eigenvalue weighted by molar-refractivity contribution is -0.122. The molecule has 0 spiro atoms. The Morgan fingerprint density at radius 3 is 2.78 bits per heavy atom. The molecule has 0 aliphatic heterocycles. The summed E-state index contributed by atoms with van der Waals surface area (Å²) in [5.74, 6) is 0.326. The minimum atomic E-state index is -0.000772. The molecule has 2 rings (SSSR count). The number of amides is 1. The molecule has 18 heavy (non-hydrogen) atoms. The standard InChI is InChI=1S/C13H18ClN3O/c1-8-7-10(14)16-12(15-8)17-11(18)9-5-4-6-13(9,2)3/h7,9H,4-6H2,1-3H3,(H,15,16,17,18). The summed E-state index contributed by atoms with van der Waals surface area (Å²) in [6.07, 6.45) is 3.11. The molecule has 1 unspecified atom stereocenters. The van der Waals surface area contributed by atoms with Gasteiger partial charge < -0.3 is 0 Å². The Morgan fingerprint density at radius 2 is 2.22 bits per heavy atom. The molecule has 5 heteroatoms. The van der Waals surface area contributed by atoms with Gasteiger partial charge in [-0.15, -0.1) is 0 Å². The molecular weight excluding hydrogens is 250 g/mol. The predicted molar refractivity (Wildman–Crippen MR) is 71.5 cm³/mol. The molecule has 4 nitrogen and oxygen atoms in total. The van der Waals surface area contributed by atoms with Gasteiger partial charge in [0.05, 0.1) is 0 Å². The third kappa shape index (κ3) is 2.80. The number of anilines is 1. The zero-order chi connectivity index (χ0) is 13.3. The van der Waals surface area contributed by atoms with E-state index in [-0.39, 0.29) is 17.2 Å². The topological polar surface area (TPSA) is 54.9 Å². The van der Waals surface area contributed by atoms with E-state index in [1.54, 1.807) is 6.07 Å². The highest BCUT2D eigenvalue weighted by Gasteiger charge is 2.39. The third-order valence-electron chi connectivity index (χ3n) is 3.63. The summed E-state index contributed by atoms with van der Waals surface area (Å²) < 4.78 is 0. The Balaban J connectivity index is 2.12. The van der Waals surface area contributed by atoms with Gasteiger partial charge in [-0.1, -0.05) is 31.9 Å². The maximum absolute atomic E-state index is 12.2. The smallest absolute Gasteiger partial charge is 0.231 e. The molecule has 0 saturated heterocycles. The zero-order valence-corrected chi connectivity index (χ0v) is 11.7. The van der Waals surface area contributed by atoms with E-state index < -0.39 is 0 Å². The summed E-state index contributed by atoms with van der Waals surface area (Å²) in [5.41, 5.74) is 0.800. The second-order valence-electron chi connectivity index (χ2n) is 5.58. The van der Waals surface area contributed by atoms with Crippen LogP contribution in [0.5, 0.6) is 0 Å². The second-order valence-corrected chi connectivity index (χ2v) is 5.97. The number of carbonyl (C=O) groups excluding carboxylic acids is 1. The van der Waals surface area contributed by atoms with Gasteiger partial charge in [-0.3, -0.25) is 10.1 Å². The molecular formula is C13H18ClN3O. The quantitative estimate of drug-likeness (QED) is 0.837. The SMILES string of the molecule is Cc1cc(Cl)nc(NC(=O)C2CCCC2(C)C)n1. The molecule has 0 radical (unpaired) electrons. The number of hydrogen-bond donors (Lipinski definition) is 1. The number of aryl methyl sites for hydroxylation is 1. The van der Waals surface area contributed by atoms with Crippen molar-refractivity contribution in [2.24, 2.45) is 11.3 Å². The Hall–Kier alpha value is -1.16. The lowest BCUT2D eigenvalue weighted by Gasteiger charge is -2.25. The highest BCUT2D eigenvalue weighted by Crippen LogP contribution is 2.42. The van der Waals surface area contributed by atoms with Crippen molar-refractivity contribution in [2.45, 2.75) is 40.0 Å². The summed E-state index contributed by atoms with van der Waals surface area (Å²) in [7, 11) is 0. The Bertz CT molecular complexity index is 453. The van der Waals surface area contributed by atoms with Crippen LogP contribution in [0.3, 0.4) is 0 Å². The van der Waals surface area contributed by atoms with Gasteiger partial charge in [0.25, 0.3) is 0 Å². The van der Waals surface area contributed by atoms with Crippen LogP contribution in [0.25, 0.3) is 0 Å². The van der Waals surface area contributed by atoms with E-state index in [1.807, 2.05) is 6.92 Å². The van der Waals surface area contributed by atoms with E-state index in [0.29, 0.717) is 11.1 Å². The van der Waals surface area contributed by atoms with Gasteiger partial charge in [0.15, 0.2) is 0 Å². The van der Waals surface area contributed by atoms with Crippen molar-refractivity contribution in [3.8, 4) is 0 Å². The molecule has 1 N–H and O–H groups in total. The number of nitrogens with one attached hydrogen (secondary N) is 1. The first kappa shape index (κ1) is 13.3. The number of nitrogens with zero attached hydrogens (tertiary/aromatic N) is 2. The van der Waals surface area contributed by atoms with Crippen LogP contribution in [0.15, 0.2) is 6.07 Å². The van der Waals surface area contributed by atoms with Crippen LogP contribution < -0.4 is 5.32 Å². The van der Waals surface area contributed by atoms with E-state index in [4.69, 9.17) is 11.6 Å². The molecule has 0 aromatic carbocycles. The molecule has 1 aromatic heterocycles. The van der Waals surface area contributed by atoms with Gasteiger partial charge in [0, 0.05) is 11.6 Å². The highest BCUT2D eigenvalue weighted by atomic mass is 35.5. The summed E-state index contributed by atoms with van der Waals surface area (Å²) in [6.45, 7) is 6.09. The van der Waals surface area contributed by atoms with Crippen LogP contribution in [-0.4, -0.2) is 15.9 Å². The fraction of sp³-hybridized carbons (Fsp3) is 0.615. The molecule has 1 saturated carbocycles. The van der Waals surface area contributed by atoms with Gasteiger partial charge in [-0.05, 0) is 31.2 Å². The highest BCUT2D eigenvalue weighted by molar-refractivity contribution is 6.29. The summed E-state index contributed by atoms with van der Waals surface area (Å²) >= 11 is 5.85. The summed E-state index contributed by atoms with van der Waals surface area (Å²) in [4.78, 5) is 20.4. The molecule has 1 aliphatic carbocycles. The Labute approximate surface area is 112 Å². The maximum atomic E-state index is 12.2. The Kier molecular flexibility index (Phi) is 3.57. The molecule has 1 atom stereocenters. The van der Waals surface area contributed by atoms with E-state index in [2.05, 4.69) is 29.1 Å². The Morgan fingerprint density at radius 1 is 1.50 bits per heavy atom. The van der Waals surface area contributed by atoms with Crippen LogP contribution in [-0.2, 0) is 4.79 Å². The number of hydrogen-bond acceptors (Lipinski definition) is 3. The van der Waals surface area contributed by atoms with Crippen molar-refractivity contribution in [1.82, 2.24) is 9.97 Å². The first-order chi connectivity index (χ1) is 8.38. The lowest BCUT2D eigenvalue weighted by Crippen LogP contribution is -2.31. The number of aromatic nitrogens is 2. The van der Waals surface area contributed by atoms with Crippen LogP contribution in [0, 0.1) is 18.3 Å². The molecule has 1 aromatic rings. The van der Waals surface area contributed by atoms with Gasteiger partial charge in [-0.25, -0.2) is 9.97 Å². The van der Waals surface area contributed by atoms with E-state index in [1.165, 1.54) is 0 Å². The molecule has 98 valence electrons. The predicted octanol–water partition coefficient (Wildman–Crippen LogP) is 3.20. The monoisotopic (exact) mass is 267 g/mol. The van der Waals surface area contributed by atoms with E-state index in [9.17, 15) is 4.79 Å². The normalized spacial score (nSPS) is 21.9. The minimum absolute atomic E-state index is 0.000772. The minimum Gasteiger partial charge on any atom is -0.294 e. The largest absolute Gasteiger partial charge is 0.294 e. The molecule has 1 amide bonds. The van der Waals surface area contributed by atoms with Crippen molar-refractivity contribution in [3.05, 3.63) is 16.9 Å². The van der Waals surface area contributed by atoms with E-state index >= 15 is 0 Å². The number of carbonyl (C=O) groups is 1. The number of rotatable bonds is 2. The van der Waals surface area contributed by atoms with Crippen molar-refractivity contribution < 1.29 is 4.79 Å². The average molecular weight is 268 g/mol. The zero-order valence-electron chi connectivity index (χ0n) is 11.0. The van der Waals surface area contributed by atoms with Crippen molar-refractivity contribution in [1.29, 1.82) is 0 Å².